The van der Waals surface area contributed by atoms with Crippen molar-refractivity contribution in [3.8, 4) is 12.3 Å². The van der Waals surface area contributed by atoms with E-state index < -0.39 is 0 Å². The van der Waals surface area contributed by atoms with Gasteiger partial charge >= 0.3 is 0 Å². The molecule has 0 bridgehead atoms. The number of hydrogen-bond donors (Lipinski definition) is 1. The Labute approximate surface area is 124 Å². The molecule has 0 aliphatic carbocycles. The van der Waals surface area contributed by atoms with Crippen molar-refractivity contribution in [1.82, 2.24) is 15.3 Å². The van der Waals surface area contributed by atoms with Crippen LogP contribution in [0.4, 0.5) is 0 Å². The number of amidine groups is 1. The van der Waals surface area contributed by atoms with Gasteiger partial charge in [0.1, 0.15) is 0 Å². The number of nitrogens with one attached hydrogen (secondary N) is 1. The number of hydrogen-bond acceptors (Lipinski definition) is 6. The van der Waals surface area contributed by atoms with Gasteiger partial charge in [-0.15, -0.1) is 4.99 Å². The van der Waals surface area contributed by atoms with Crippen LogP contribution in [0, 0.1) is 22.8 Å². The van der Waals surface area contributed by atoms with Gasteiger partial charge in [0.05, 0.1) is 18.0 Å². The van der Waals surface area contributed by atoms with Crippen LogP contribution in [0.3, 0.4) is 0 Å². The Morgan fingerprint density at radius 1 is 1.55 bits per heavy atom. The SMILES string of the molecule is C=CN(NC)C1(CC#N)CCN(/C(=N/C#N)SC)CC1. The molecular formula is C13H20N6S. The Morgan fingerprint density at radius 3 is 2.60 bits per heavy atom. The van der Waals surface area contributed by atoms with E-state index in [4.69, 9.17) is 10.5 Å². The van der Waals surface area contributed by atoms with Crippen molar-refractivity contribution in [1.29, 1.82) is 10.5 Å². The van der Waals surface area contributed by atoms with E-state index in [0.29, 0.717) is 6.42 Å². The summed E-state index contributed by atoms with van der Waals surface area (Å²) in [5.41, 5.74) is 2.85. The van der Waals surface area contributed by atoms with Crippen molar-refractivity contribution in [2.75, 3.05) is 26.4 Å². The van der Waals surface area contributed by atoms with Crippen molar-refractivity contribution >= 4 is 16.9 Å². The topological polar surface area (TPSA) is 78.5 Å². The summed E-state index contributed by atoms with van der Waals surface area (Å²) >= 11 is 1.47. The molecular weight excluding hydrogens is 272 g/mol. The van der Waals surface area contributed by atoms with Crippen LogP contribution in [0.2, 0.25) is 0 Å². The number of aliphatic imine (C=N–C) groups is 1. The molecule has 0 saturated carbocycles. The minimum absolute atomic E-state index is 0.238. The maximum atomic E-state index is 9.11. The highest BCUT2D eigenvalue weighted by Gasteiger charge is 2.39. The summed E-state index contributed by atoms with van der Waals surface area (Å²) in [6, 6.07) is 2.27. The lowest BCUT2D eigenvalue weighted by molar-refractivity contribution is 0.0493. The first kappa shape index (κ1) is 16.4. The van der Waals surface area contributed by atoms with Crippen LogP contribution >= 0.6 is 11.8 Å². The predicted molar refractivity (Wildman–Crippen MR) is 81.4 cm³/mol. The molecule has 0 aromatic carbocycles. The van der Waals surface area contributed by atoms with Gasteiger partial charge in [-0.05, 0) is 19.1 Å². The second kappa shape index (κ2) is 7.78. The number of piperidine rings is 1. The third-order valence-electron chi connectivity index (χ3n) is 3.64. The van der Waals surface area contributed by atoms with Gasteiger partial charge in [0, 0.05) is 26.3 Å². The molecule has 0 radical (unpaired) electrons. The maximum Gasteiger partial charge on any atom is 0.208 e. The molecule has 1 saturated heterocycles. The zero-order valence-corrected chi connectivity index (χ0v) is 12.8. The average molecular weight is 292 g/mol. The van der Waals surface area contributed by atoms with Gasteiger partial charge in [0.2, 0.25) is 6.19 Å². The summed E-state index contributed by atoms with van der Waals surface area (Å²) in [5, 5.41) is 20.5. The Morgan fingerprint density at radius 2 is 2.20 bits per heavy atom. The molecule has 1 rings (SSSR count). The third-order valence-corrected chi connectivity index (χ3v) is 4.35. The zero-order valence-electron chi connectivity index (χ0n) is 12.0. The standard InChI is InChI=1S/C13H20N6S/c1-4-19(16-2)13(5-8-14)6-9-18(10-7-13)12(20-3)17-11-15/h4,16H,1,5-7,9-10H2,2-3H3/b17-12-. The van der Waals surface area contributed by atoms with E-state index in [1.807, 2.05) is 24.5 Å². The Hall–Kier alpha value is -1.70. The molecule has 1 aliphatic heterocycles. The van der Waals surface area contributed by atoms with E-state index in [1.165, 1.54) is 11.8 Å². The van der Waals surface area contributed by atoms with E-state index in [-0.39, 0.29) is 5.54 Å². The molecule has 0 aromatic rings. The minimum atomic E-state index is -0.238. The largest absolute Gasteiger partial charge is 0.350 e. The summed E-state index contributed by atoms with van der Waals surface area (Å²) in [4.78, 5) is 5.94. The van der Waals surface area contributed by atoms with Crippen LogP contribution in [0.1, 0.15) is 19.3 Å². The summed E-state index contributed by atoms with van der Waals surface area (Å²) in [6.45, 7) is 5.35. The number of rotatable bonds is 4. The second-order valence-corrected chi connectivity index (χ2v) is 5.29. The lowest BCUT2D eigenvalue weighted by Gasteiger charge is -2.47. The number of nitrogens with zero attached hydrogens (tertiary/aromatic N) is 5. The van der Waals surface area contributed by atoms with E-state index >= 15 is 0 Å². The number of nitriles is 2. The fourth-order valence-electron chi connectivity index (χ4n) is 2.57. The Balaban J connectivity index is 2.84. The van der Waals surface area contributed by atoms with Crippen molar-refractivity contribution in [2.24, 2.45) is 4.99 Å². The Kier molecular flexibility index (Phi) is 6.37. The first-order valence-electron chi connectivity index (χ1n) is 6.39. The van der Waals surface area contributed by atoms with Crippen LogP contribution < -0.4 is 5.43 Å². The maximum absolute atomic E-state index is 9.11. The normalized spacial score (nSPS) is 18.0. The van der Waals surface area contributed by atoms with E-state index in [1.54, 1.807) is 6.20 Å². The molecule has 1 N–H and O–H groups in total. The summed E-state index contributed by atoms with van der Waals surface area (Å²) in [6.07, 6.45) is 7.56. The second-order valence-electron chi connectivity index (χ2n) is 4.52. The highest BCUT2D eigenvalue weighted by Crippen LogP contribution is 2.32. The monoisotopic (exact) mass is 292 g/mol. The van der Waals surface area contributed by atoms with E-state index in [0.717, 1.165) is 31.1 Å². The molecule has 20 heavy (non-hydrogen) atoms. The van der Waals surface area contributed by atoms with Crippen LogP contribution in [0.5, 0.6) is 0 Å². The average Bonchev–Trinajstić information content (AvgIpc) is 2.47. The molecule has 6 nitrogen and oxygen atoms in total. The van der Waals surface area contributed by atoms with Crippen LogP contribution in [-0.2, 0) is 0 Å². The molecule has 1 heterocycles. The third kappa shape index (κ3) is 3.44. The van der Waals surface area contributed by atoms with E-state index in [9.17, 15) is 0 Å². The van der Waals surface area contributed by atoms with Crippen molar-refractivity contribution in [3.63, 3.8) is 0 Å². The molecule has 0 spiro atoms. The number of hydrazine groups is 1. The lowest BCUT2D eigenvalue weighted by Crippen LogP contribution is -2.57. The van der Waals surface area contributed by atoms with Crippen molar-refractivity contribution in [2.45, 2.75) is 24.8 Å². The van der Waals surface area contributed by atoms with Gasteiger partial charge in [-0.25, -0.2) is 5.43 Å². The summed E-state index contributed by atoms with van der Waals surface area (Å²) < 4.78 is 0. The minimum Gasteiger partial charge on any atom is -0.350 e. The van der Waals surface area contributed by atoms with Gasteiger partial charge in [-0.2, -0.15) is 10.5 Å². The first-order valence-corrected chi connectivity index (χ1v) is 7.62. The number of likely N-dealkylation sites (tertiary alicyclic amines) is 1. The Bertz CT molecular complexity index is 439. The van der Waals surface area contributed by atoms with Gasteiger partial charge in [0.15, 0.2) is 5.17 Å². The van der Waals surface area contributed by atoms with Gasteiger partial charge in [-0.3, -0.25) is 0 Å². The lowest BCUT2D eigenvalue weighted by atomic mass is 9.84. The fraction of sp³-hybridized carbons (Fsp3) is 0.615. The van der Waals surface area contributed by atoms with Gasteiger partial charge in [-0.1, -0.05) is 18.3 Å². The van der Waals surface area contributed by atoms with Crippen molar-refractivity contribution < 1.29 is 0 Å². The highest BCUT2D eigenvalue weighted by molar-refractivity contribution is 8.13. The molecule has 0 aromatic heterocycles. The smallest absolute Gasteiger partial charge is 0.208 e. The molecule has 1 fully saturated rings. The first-order chi connectivity index (χ1) is 9.67. The highest BCUT2D eigenvalue weighted by atomic mass is 32.2. The van der Waals surface area contributed by atoms with E-state index in [2.05, 4.69) is 28.0 Å². The van der Waals surface area contributed by atoms with Gasteiger partial charge in [0.25, 0.3) is 0 Å². The molecule has 0 atom stereocenters. The predicted octanol–water partition coefficient (Wildman–Crippen LogP) is 1.51. The molecule has 1 aliphatic rings. The number of thioether (sulfide) groups is 1. The quantitative estimate of drug-likeness (QED) is 0.366. The van der Waals surface area contributed by atoms with Crippen molar-refractivity contribution in [3.05, 3.63) is 12.8 Å². The summed E-state index contributed by atoms with van der Waals surface area (Å²) in [5.74, 6) is 0. The fourth-order valence-corrected chi connectivity index (χ4v) is 3.15. The molecule has 7 heteroatoms. The zero-order chi connectivity index (χ0) is 15.0. The van der Waals surface area contributed by atoms with Crippen LogP contribution in [0.15, 0.2) is 17.8 Å². The molecule has 0 amide bonds. The molecule has 108 valence electrons. The summed E-state index contributed by atoms with van der Waals surface area (Å²) in [7, 11) is 1.83. The van der Waals surface area contributed by atoms with Gasteiger partial charge < -0.3 is 9.91 Å². The van der Waals surface area contributed by atoms with Crippen LogP contribution in [-0.4, -0.2) is 47.0 Å². The molecule has 0 unspecified atom stereocenters. The van der Waals surface area contributed by atoms with Crippen LogP contribution in [0.25, 0.3) is 0 Å².